The van der Waals surface area contributed by atoms with E-state index in [9.17, 15) is 4.79 Å². The van der Waals surface area contributed by atoms with Gasteiger partial charge >= 0.3 is 0 Å². The van der Waals surface area contributed by atoms with Gasteiger partial charge in [0.1, 0.15) is 0 Å². The minimum Gasteiger partial charge on any atom is -0.330 e. The summed E-state index contributed by atoms with van der Waals surface area (Å²) in [6.45, 7) is 3.14. The molecule has 3 heteroatoms. The van der Waals surface area contributed by atoms with Crippen LogP contribution in [0.4, 0.5) is 0 Å². The molecular weight excluding hydrogens is 416 g/mol. The molecule has 0 atom stereocenters. The number of hydrogen-bond donors (Lipinski definition) is 0. The van der Waals surface area contributed by atoms with Gasteiger partial charge in [0, 0.05) is 24.0 Å². The summed E-state index contributed by atoms with van der Waals surface area (Å²) in [6, 6.07) is 38.3. The number of carbonyl (C=O) groups excluding carboxylic acids is 1. The van der Waals surface area contributed by atoms with E-state index in [0.29, 0.717) is 18.7 Å². The maximum atomic E-state index is 14.1. The molecule has 0 N–H and O–H groups in total. The summed E-state index contributed by atoms with van der Waals surface area (Å²) >= 11 is 0. The van der Waals surface area contributed by atoms with Gasteiger partial charge in [-0.3, -0.25) is 4.79 Å². The summed E-state index contributed by atoms with van der Waals surface area (Å²) in [5, 5.41) is 0.871. The number of fused-ring (bicyclic) bond motifs is 1. The second kappa shape index (κ2) is 9.72. The maximum Gasteiger partial charge on any atom is 0.255 e. The van der Waals surface area contributed by atoms with Crippen LogP contribution in [0.2, 0.25) is 0 Å². The van der Waals surface area contributed by atoms with Crippen LogP contribution in [0.15, 0.2) is 115 Å². The van der Waals surface area contributed by atoms with Gasteiger partial charge in [0.25, 0.3) is 5.91 Å². The minimum atomic E-state index is 0.00106. The first-order chi connectivity index (χ1) is 16.7. The van der Waals surface area contributed by atoms with E-state index in [1.165, 1.54) is 0 Å². The first-order valence-electron chi connectivity index (χ1n) is 11.5. The van der Waals surface area contributed by atoms with E-state index < -0.39 is 0 Å². The summed E-state index contributed by atoms with van der Waals surface area (Å²) in [5.74, 6) is 0.00106. The third kappa shape index (κ3) is 4.60. The van der Waals surface area contributed by atoms with E-state index in [1.54, 1.807) is 0 Å². The molecular formula is C31H26N2O. The molecule has 0 aliphatic rings. The Bertz CT molecular complexity index is 1390. The van der Waals surface area contributed by atoms with Crippen LogP contribution in [0, 0.1) is 6.92 Å². The lowest BCUT2D eigenvalue weighted by molar-refractivity contribution is 0.0732. The van der Waals surface area contributed by atoms with Crippen molar-refractivity contribution in [1.82, 2.24) is 9.88 Å². The summed E-state index contributed by atoms with van der Waals surface area (Å²) in [6.07, 6.45) is 0. The zero-order valence-electron chi connectivity index (χ0n) is 19.2. The van der Waals surface area contributed by atoms with Gasteiger partial charge in [0.15, 0.2) is 0 Å². The van der Waals surface area contributed by atoms with Crippen LogP contribution >= 0.6 is 0 Å². The van der Waals surface area contributed by atoms with Gasteiger partial charge in [-0.1, -0.05) is 103 Å². The van der Waals surface area contributed by atoms with E-state index in [0.717, 1.165) is 38.9 Å². The summed E-state index contributed by atoms with van der Waals surface area (Å²) in [5.41, 5.74) is 6.70. The number of carbonyl (C=O) groups is 1. The molecule has 34 heavy (non-hydrogen) atoms. The number of aromatic nitrogens is 1. The molecule has 0 aliphatic carbocycles. The monoisotopic (exact) mass is 442 g/mol. The Labute approximate surface area is 200 Å². The second-order valence-electron chi connectivity index (χ2n) is 8.52. The Balaban J connectivity index is 1.61. The lowest BCUT2D eigenvalue weighted by Crippen LogP contribution is -2.30. The highest BCUT2D eigenvalue weighted by molar-refractivity contribution is 6.07. The number of rotatable bonds is 6. The first-order valence-corrected chi connectivity index (χ1v) is 11.5. The molecule has 0 saturated heterocycles. The normalized spacial score (nSPS) is 10.9. The van der Waals surface area contributed by atoms with Gasteiger partial charge in [-0.25, -0.2) is 4.98 Å². The molecule has 0 aliphatic heterocycles. The lowest BCUT2D eigenvalue weighted by Gasteiger charge is -2.24. The lowest BCUT2D eigenvalue weighted by atomic mass is 10.00. The van der Waals surface area contributed by atoms with Crippen molar-refractivity contribution in [2.24, 2.45) is 0 Å². The predicted octanol–water partition coefficient (Wildman–Crippen LogP) is 7.05. The molecule has 0 unspecified atom stereocenters. The Morgan fingerprint density at radius 2 is 1.26 bits per heavy atom. The third-order valence-corrected chi connectivity index (χ3v) is 6.09. The van der Waals surface area contributed by atoms with Crippen LogP contribution < -0.4 is 0 Å². The van der Waals surface area contributed by atoms with Crippen molar-refractivity contribution < 1.29 is 4.79 Å². The first kappa shape index (κ1) is 21.6. The van der Waals surface area contributed by atoms with E-state index in [2.05, 4.69) is 43.3 Å². The molecule has 166 valence electrons. The van der Waals surface area contributed by atoms with Crippen molar-refractivity contribution in [3.63, 3.8) is 0 Å². The smallest absolute Gasteiger partial charge is 0.255 e. The highest BCUT2D eigenvalue weighted by atomic mass is 16.2. The molecule has 5 rings (SSSR count). The number of benzene rings is 4. The van der Waals surface area contributed by atoms with Gasteiger partial charge in [-0.2, -0.15) is 0 Å². The molecule has 0 saturated carbocycles. The molecule has 0 spiro atoms. The highest BCUT2D eigenvalue weighted by Crippen LogP contribution is 2.28. The van der Waals surface area contributed by atoms with Crippen molar-refractivity contribution in [2.45, 2.75) is 20.0 Å². The number of para-hydroxylation sites is 1. The average Bonchev–Trinajstić information content (AvgIpc) is 2.89. The molecule has 4 aromatic carbocycles. The fourth-order valence-corrected chi connectivity index (χ4v) is 4.33. The Morgan fingerprint density at radius 1 is 0.706 bits per heavy atom. The molecule has 3 nitrogen and oxygen atoms in total. The number of nitrogens with zero attached hydrogens (tertiary/aromatic N) is 2. The molecule has 0 radical (unpaired) electrons. The van der Waals surface area contributed by atoms with E-state index >= 15 is 0 Å². The number of hydrogen-bond acceptors (Lipinski definition) is 2. The van der Waals surface area contributed by atoms with Crippen molar-refractivity contribution in [1.29, 1.82) is 0 Å². The van der Waals surface area contributed by atoms with Crippen LogP contribution in [-0.2, 0) is 13.1 Å². The molecule has 0 bridgehead atoms. The largest absolute Gasteiger partial charge is 0.330 e. The quantitative estimate of drug-likeness (QED) is 0.282. The van der Waals surface area contributed by atoms with Crippen LogP contribution in [0.3, 0.4) is 0 Å². The van der Waals surface area contributed by atoms with E-state index in [4.69, 9.17) is 4.98 Å². The molecule has 0 fully saturated rings. The molecule has 1 amide bonds. The van der Waals surface area contributed by atoms with Gasteiger partial charge in [0.05, 0.1) is 16.8 Å². The fourth-order valence-electron chi connectivity index (χ4n) is 4.33. The van der Waals surface area contributed by atoms with E-state index in [-0.39, 0.29) is 5.91 Å². The fraction of sp³-hybridized carbons (Fsp3) is 0.0968. The van der Waals surface area contributed by atoms with Gasteiger partial charge < -0.3 is 4.90 Å². The maximum absolute atomic E-state index is 14.1. The van der Waals surface area contributed by atoms with Crippen molar-refractivity contribution in [2.75, 3.05) is 0 Å². The summed E-state index contributed by atoms with van der Waals surface area (Å²) in [4.78, 5) is 21.0. The number of pyridine rings is 1. The van der Waals surface area contributed by atoms with Crippen LogP contribution in [0.5, 0.6) is 0 Å². The predicted molar refractivity (Wildman–Crippen MR) is 138 cm³/mol. The van der Waals surface area contributed by atoms with Gasteiger partial charge in [-0.15, -0.1) is 0 Å². The zero-order chi connectivity index (χ0) is 23.3. The average molecular weight is 443 g/mol. The zero-order valence-corrected chi connectivity index (χ0v) is 19.2. The van der Waals surface area contributed by atoms with Crippen molar-refractivity contribution in [3.8, 4) is 11.3 Å². The standard InChI is InChI=1S/C31H26N2O/c1-23-12-8-9-17-26(23)30-20-28(27-18-10-11-19-29(27)32-30)31(34)33(21-24-13-4-2-5-14-24)22-25-15-6-3-7-16-25/h2-20H,21-22H2,1H3. The van der Waals surface area contributed by atoms with Gasteiger partial charge in [0.2, 0.25) is 0 Å². The summed E-state index contributed by atoms with van der Waals surface area (Å²) < 4.78 is 0. The van der Waals surface area contributed by atoms with Crippen LogP contribution in [0.25, 0.3) is 22.2 Å². The molecule has 1 aromatic heterocycles. The Morgan fingerprint density at radius 3 is 1.91 bits per heavy atom. The van der Waals surface area contributed by atoms with E-state index in [1.807, 2.05) is 83.8 Å². The number of aryl methyl sites for hydroxylation is 1. The molecule has 5 aromatic rings. The SMILES string of the molecule is Cc1ccccc1-c1cc(C(=O)N(Cc2ccccc2)Cc2ccccc2)c2ccccc2n1. The van der Waals surface area contributed by atoms with Crippen LogP contribution in [0.1, 0.15) is 27.0 Å². The van der Waals surface area contributed by atoms with Gasteiger partial charge in [-0.05, 0) is 35.7 Å². The highest BCUT2D eigenvalue weighted by Gasteiger charge is 2.21. The Kier molecular flexibility index (Phi) is 6.17. The topological polar surface area (TPSA) is 33.2 Å². The number of amides is 1. The van der Waals surface area contributed by atoms with Crippen molar-refractivity contribution >= 4 is 16.8 Å². The molecule has 1 heterocycles. The minimum absolute atomic E-state index is 0.00106. The van der Waals surface area contributed by atoms with Crippen LogP contribution in [-0.4, -0.2) is 15.8 Å². The third-order valence-electron chi connectivity index (χ3n) is 6.09. The second-order valence-corrected chi connectivity index (χ2v) is 8.52. The Hall–Kier alpha value is -4.24. The van der Waals surface area contributed by atoms with Crippen molar-refractivity contribution in [3.05, 3.63) is 138 Å². The summed E-state index contributed by atoms with van der Waals surface area (Å²) in [7, 11) is 0.